The Labute approximate surface area is 97.9 Å². The number of nitrogens with one attached hydrogen (secondary N) is 1. The van der Waals surface area contributed by atoms with E-state index in [0.29, 0.717) is 12.3 Å². The van der Waals surface area contributed by atoms with Crippen LogP contribution in [0.1, 0.15) is 32.8 Å². The fraction of sp³-hybridized carbons (Fsp3) is 0.615. The summed E-state index contributed by atoms with van der Waals surface area (Å²) in [6.07, 6.45) is 4.14. The van der Waals surface area contributed by atoms with E-state index < -0.39 is 5.60 Å². The second-order valence-corrected chi connectivity index (χ2v) is 4.86. The smallest absolute Gasteiger partial charge is 0.0895 e. The van der Waals surface area contributed by atoms with Gasteiger partial charge in [0.05, 0.1) is 5.60 Å². The third kappa shape index (κ3) is 4.29. The first-order valence-electron chi connectivity index (χ1n) is 5.86. The normalized spacial score (nSPS) is 15.1. The van der Waals surface area contributed by atoms with Crippen molar-refractivity contribution in [2.75, 3.05) is 13.1 Å². The van der Waals surface area contributed by atoms with E-state index in [0.717, 1.165) is 18.7 Å². The van der Waals surface area contributed by atoms with Crippen LogP contribution in [-0.4, -0.2) is 23.2 Å². The Kier molecular flexibility index (Phi) is 4.90. The lowest BCUT2D eigenvalue weighted by Gasteiger charge is -2.23. The Morgan fingerprint density at radius 1 is 1.50 bits per heavy atom. The van der Waals surface area contributed by atoms with E-state index in [1.54, 1.807) is 12.4 Å². The molecule has 0 saturated carbocycles. The molecule has 0 bridgehead atoms. The molecule has 1 aromatic rings. The largest absolute Gasteiger partial charge is 0.385 e. The van der Waals surface area contributed by atoms with Crippen LogP contribution in [0.5, 0.6) is 0 Å². The molecule has 0 fully saturated rings. The van der Waals surface area contributed by atoms with Crippen LogP contribution in [0.3, 0.4) is 0 Å². The van der Waals surface area contributed by atoms with Gasteiger partial charge in [-0.2, -0.15) is 0 Å². The SMILES string of the molecule is CC(C)CNCCC(C)(O)c1cccnc1. The van der Waals surface area contributed by atoms with Gasteiger partial charge in [-0.25, -0.2) is 0 Å². The highest BCUT2D eigenvalue weighted by atomic mass is 16.3. The Bertz CT molecular complexity index is 296. The summed E-state index contributed by atoms with van der Waals surface area (Å²) in [7, 11) is 0. The molecule has 3 nitrogen and oxygen atoms in total. The van der Waals surface area contributed by atoms with Crippen LogP contribution < -0.4 is 5.32 Å². The molecule has 0 amide bonds. The second-order valence-electron chi connectivity index (χ2n) is 4.86. The molecule has 3 heteroatoms. The van der Waals surface area contributed by atoms with Crippen LogP contribution in [0.15, 0.2) is 24.5 Å². The van der Waals surface area contributed by atoms with Gasteiger partial charge in [-0.3, -0.25) is 4.98 Å². The Balaban J connectivity index is 2.40. The van der Waals surface area contributed by atoms with Gasteiger partial charge in [0.1, 0.15) is 0 Å². The number of rotatable bonds is 6. The number of aliphatic hydroxyl groups is 1. The van der Waals surface area contributed by atoms with Crippen LogP contribution in [0.2, 0.25) is 0 Å². The molecule has 1 heterocycles. The van der Waals surface area contributed by atoms with E-state index >= 15 is 0 Å². The minimum Gasteiger partial charge on any atom is -0.385 e. The summed E-state index contributed by atoms with van der Waals surface area (Å²) >= 11 is 0. The van der Waals surface area contributed by atoms with E-state index in [4.69, 9.17) is 0 Å². The van der Waals surface area contributed by atoms with Crippen molar-refractivity contribution in [3.05, 3.63) is 30.1 Å². The van der Waals surface area contributed by atoms with Crippen LogP contribution in [-0.2, 0) is 5.60 Å². The summed E-state index contributed by atoms with van der Waals surface area (Å²) in [6, 6.07) is 3.76. The first kappa shape index (κ1) is 13.1. The molecule has 0 aliphatic rings. The first-order chi connectivity index (χ1) is 7.52. The zero-order valence-corrected chi connectivity index (χ0v) is 10.4. The van der Waals surface area contributed by atoms with Crippen molar-refractivity contribution in [3.8, 4) is 0 Å². The van der Waals surface area contributed by atoms with Gasteiger partial charge in [0.15, 0.2) is 0 Å². The predicted molar refractivity (Wildman–Crippen MR) is 66.1 cm³/mol. The maximum atomic E-state index is 10.3. The molecule has 0 aliphatic carbocycles. The zero-order chi connectivity index (χ0) is 12.0. The number of nitrogens with zero attached hydrogens (tertiary/aromatic N) is 1. The van der Waals surface area contributed by atoms with Crippen LogP contribution in [0, 0.1) is 5.92 Å². The summed E-state index contributed by atoms with van der Waals surface area (Å²) in [5, 5.41) is 13.6. The number of hydrogen-bond acceptors (Lipinski definition) is 3. The third-order valence-electron chi connectivity index (χ3n) is 2.62. The topological polar surface area (TPSA) is 45.1 Å². The summed E-state index contributed by atoms with van der Waals surface area (Å²) < 4.78 is 0. The van der Waals surface area contributed by atoms with E-state index in [9.17, 15) is 5.11 Å². The average Bonchev–Trinajstić information content (AvgIpc) is 2.26. The molecule has 1 rings (SSSR count). The van der Waals surface area contributed by atoms with Crippen molar-refractivity contribution in [2.45, 2.75) is 32.8 Å². The van der Waals surface area contributed by atoms with E-state index in [1.807, 2.05) is 19.1 Å². The van der Waals surface area contributed by atoms with Gasteiger partial charge >= 0.3 is 0 Å². The Morgan fingerprint density at radius 3 is 2.81 bits per heavy atom. The van der Waals surface area contributed by atoms with E-state index in [1.165, 1.54) is 0 Å². The maximum absolute atomic E-state index is 10.3. The minimum atomic E-state index is -0.793. The van der Waals surface area contributed by atoms with Crippen molar-refractivity contribution < 1.29 is 5.11 Å². The van der Waals surface area contributed by atoms with Gasteiger partial charge in [-0.15, -0.1) is 0 Å². The van der Waals surface area contributed by atoms with E-state index in [2.05, 4.69) is 24.1 Å². The highest BCUT2D eigenvalue weighted by Crippen LogP contribution is 2.22. The summed E-state index contributed by atoms with van der Waals surface area (Å²) in [4.78, 5) is 4.03. The Hall–Kier alpha value is -0.930. The van der Waals surface area contributed by atoms with Crippen molar-refractivity contribution >= 4 is 0 Å². The van der Waals surface area contributed by atoms with Crippen molar-refractivity contribution in [1.29, 1.82) is 0 Å². The molecule has 0 aliphatic heterocycles. The zero-order valence-electron chi connectivity index (χ0n) is 10.4. The lowest BCUT2D eigenvalue weighted by molar-refractivity contribution is 0.0475. The molecule has 0 spiro atoms. The molecule has 16 heavy (non-hydrogen) atoms. The quantitative estimate of drug-likeness (QED) is 0.723. The van der Waals surface area contributed by atoms with Crippen molar-refractivity contribution in [1.82, 2.24) is 10.3 Å². The fourth-order valence-electron chi connectivity index (χ4n) is 1.55. The molecule has 1 unspecified atom stereocenters. The number of aromatic nitrogens is 1. The van der Waals surface area contributed by atoms with Gasteiger partial charge in [-0.1, -0.05) is 19.9 Å². The molecule has 1 atom stereocenters. The summed E-state index contributed by atoms with van der Waals surface area (Å²) in [6.45, 7) is 7.99. The molecular weight excluding hydrogens is 200 g/mol. The lowest BCUT2D eigenvalue weighted by Crippen LogP contribution is -2.29. The first-order valence-corrected chi connectivity index (χ1v) is 5.86. The maximum Gasteiger partial charge on any atom is 0.0895 e. The molecule has 2 N–H and O–H groups in total. The predicted octanol–water partition coefficient (Wildman–Crippen LogP) is 1.92. The van der Waals surface area contributed by atoms with Crippen LogP contribution in [0.4, 0.5) is 0 Å². The molecule has 0 aromatic carbocycles. The third-order valence-corrected chi connectivity index (χ3v) is 2.62. The average molecular weight is 222 g/mol. The summed E-state index contributed by atoms with van der Waals surface area (Å²) in [5.74, 6) is 0.642. The van der Waals surface area contributed by atoms with Gasteiger partial charge in [-0.05, 0) is 38.4 Å². The molecular formula is C13H22N2O. The lowest BCUT2D eigenvalue weighted by atomic mass is 9.94. The van der Waals surface area contributed by atoms with E-state index in [-0.39, 0.29) is 0 Å². The monoisotopic (exact) mass is 222 g/mol. The highest BCUT2D eigenvalue weighted by molar-refractivity contribution is 5.16. The fourth-order valence-corrected chi connectivity index (χ4v) is 1.55. The minimum absolute atomic E-state index is 0.642. The highest BCUT2D eigenvalue weighted by Gasteiger charge is 2.22. The van der Waals surface area contributed by atoms with Crippen LogP contribution in [0.25, 0.3) is 0 Å². The van der Waals surface area contributed by atoms with Crippen LogP contribution >= 0.6 is 0 Å². The standard InChI is InChI=1S/C13H22N2O/c1-11(2)9-15-8-6-13(3,16)12-5-4-7-14-10-12/h4-5,7,10-11,15-16H,6,8-9H2,1-3H3. The summed E-state index contributed by atoms with van der Waals surface area (Å²) in [5.41, 5.74) is 0.0828. The number of hydrogen-bond donors (Lipinski definition) is 2. The van der Waals surface area contributed by atoms with Gasteiger partial charge in [0.25, 0.3) is 0 Å². The molecule has 90 valence electrons. The second kappa shape index (κ2) is 5.97. The van der Waals surface area contributed by atoms with Crippen molar-refractivity contribution in [3.63, 3.8) is 0 Å². The van der Waals surface area contributed by atoms with Crippen molar-refractivity contribution in [2.24, 2.45) is 5.92 Å². The Morgan fingerprint density at radius 2 is 2.25 bits per heavy atom. The number of pyridine rings is 1. The van der Waals surface area contributed by atoms with Gasteiger partial charge < -0.3 is 10.4 Å². The van der Waals surface area contributed by atoms with Gasteiger partial charge in [0.2, 0.25) is 0 Å². The molecule has 0 radical (unpaired) electrons. The van der Waals surface area contributed by atoms with Gasteiger partial charge in [0, 0.05) is 18.0 Å². The molecule has 1 aromatic heterocycles. The molecule has 0 saturated heterocycles.